The number of benzene rings is 1. The van der Waals surface area contributed by atoms with Gasteiger partial charge < -0.3 is 10.2 Å². The molecule has 2 N–H and O–H groups in total. The lowest BCUT2D eigenvalue weighted by molar-refractivity contribution is 0.561. The molecule has 0 aliphatic rings. The molecule has 0 radical (unpaired) electrons. The van der Waals surface area contributed by atoms with E-state index < -0.39 is 0 Å². The fourth-order valence-corrected chi connectivity index (χ4v) is 1.91. The molecule has 2 nitrogen and oxygen atoms in total. The van der Waals surface area contributed by atoms with Crippen molar-refractivity contribution in [1.29, 1.82) is 0 Å². The molecule has 1 aromatic carbocycles. The average Bonchev–Trinajstić information content (AvgIpc) is 2.82. The Balaban J connectivity index is 2.06. The molecule has 0 aliphatic heterocycles. The zero-order chi connectivity index (χ0) is 12.3. The van der Waals surface area contributed by atoms with Crippen molar-refractivity contribution >= 4 is 0 Å². The molecular formula is C15H19NO. The Hall–Kier alpha value is -1.54. The van der Waals surface area contributed by atoms with Crippen LogP contribution in [0.3, 0.4) is 0 Å². The van der Waals surface area contributed by atoms with Gasteiger partial charge in [0, 0.05) is 6.04 Å². The molecule has 0 amide bonds. The highest BCUT2D eigenvalue weighted by Gasteiger charge is 2.08. The second kappa shape index (κ2) is 5.19. The zero-order valence-electron chi connectivity index (χ0n) is 10.4. The van der Waals surface area contributed by atoms with E-state index >= 15 is 0 Å². The van der Waals surface area contributed by atoms with Crippen molar-refractivity contribution in [3.8, 4) is 0 Å². The van der Waals surface area contributed by atoms with Gasteiger partial charge in [-0.1, -0.05) is 38.1 Å². The van der Waals surface area contributed by atoms with Gasteiger partial charge in [0.25, 0.3) is 0 Å². The van der Waals surface area contributed by atoms with Crippen molar-refractivity contribution in [2.75, 3.05) is 0 Å². The minimum Gasteiger partial charge on any atom is -0.472 e. The monoisotopic (exact) mass is 229 g/mol. The summed E-state index contributed by atoms with van der Waals surface area (Å²) in [6.07, 6.45) is 4.25. The Morgan fingerprint density at radius 3 is 2.24 bits per heavy atom. The van der Waals surface area contributed by atoms with E-state index in [0.717, 1.165) is 12.0 Å². The van der Waals surface area contributed by atoms with Crippen LogP contribution in [-0.2, 0) is 6.42 Å². The summed E-state index contributed by atoms with van der Waals surface area (Å²) in [5, 5.41) is 0. The van der Waals surface area contributed by atoms with Gasteiger partial charge in [-0.05, 0) is 35.1 Å². The molecule has 0 saturated heterocycles. The third-order valence-corrected chi connectivity index (χ3v) is 3.07. The second-order valence-corrected chi connectivity index (χ2v) is 4.76. The van der Waals surface area contributed by atoms with Crippen LogP contribution in [-0.4, -0.2) is 0 Å². The van der Waals surface area contributed by atoms with Crippen LogP contribution in [0.25, 0.3) is 0 Å². The van der Waals surface area contributed by atoms with Crippen molar-refractivity contribution in [2.24, 2.45) is 5.73 Å². The fraction of sp³-hybridized carbons (Fsp3) is 0.333. The Morgan fingerprint density at radius 2 is 1.71 bits per heavy atom. The Bertz CT molecular complexity index is 442. The molecule has 1 unspecified atom stereocenters. The van der Waals surface area contributed by atoms with E-state index in [4.69, 9.17) is 10.2 Å². The molecule has 2 heteroatoms. The van der Waals surface area contributed by atoms with E-state index in [1.165, 1.54) is 11.1 Å². The van der Waals surface area contributed by atoms with E-state index in [0.29, 0.717) is 5.92 Å². The van der Waals surface area contributed by atoms with Gasteiger partial charge in [-0.2, -0.15) is 0 Å². The predicted molar refractivity (Wildman–Crippen MR) is 69.9 cm³/mol. The van der Waals surface area contributed by atoms with Crippen LogP contribution >= 0.6 is 0 Å². The largest absolute Gasteiger partial charge is 0.472 e. The minimum absolute atomic E-state index is 0.0359. The molecule has 0 spiro atoms. The summed E-state index contributed by atoms with van der Waals surface area (Å²) in [5.41, 5.74) is 9.84. The van der Waals surface area contributed by atoms with Crippen molar-refractivity contribution in [3.05, 3.63) is 59.5 Å². The number of hydrogen-bond acceptors (Lipinski definition) is 2. The lowest BCUT2D eigenvalue weighted by atomic mass is 9.97. The summed E-state index contributed by atoms with van der Waals surface area (Å²) >= 11 is 0. The van der Waals surface area contributed by atoms with E-state index in [1.807, 2.05) is 6.07 Å². The Morgan fingerprint density at radius 1 is 1.06 bits per heavy atom. The fourth-order valence-electron chi connectivity index (χ4n) is 1.91. The number of furan rings is 1. The summed E-state index contributed by atoms with van der Waals surface area (Å²) in [7, 11) is 0. The molecule has 2 aromatic rings. The van der Waals surface area contributed by atoms with Gasteiger partial charge >= 0.3 is 0 Å². The number of rotatable bonds is 4. The molecule has 17 heavy (non-hydrogen) atoms. The average molecular weight is 229 g/mol. The second-order valence-electron chi connectivity index (χ2n) is 4.76. The summed E-state index contributed by atoms with van der Waals surface area (Å²) < 4.78 is 5.05. The maximum atomic E-state index is 6.17. The quantitative estimate of drug-likeness (QED) is 0.869. The lowest BCUT2D eigenvalue weighted by Gasteiger charge is -2.12. The van der Waals surface area contributed by atoms with Crippen LogP contribution in [0.15, 0.2) is 47.3 Å². The third kappa shape index (κ3) is 2.98. The SMILES string of the molecule is CC(C)c1ccc(C(N)Cc2ccoc2)cc1. The highest BCUT2D eigenvalue weighted by molar-refractivity contribution is 5.27. The predicted octanol–water partition coefficient (Wildman–Crippen LogP) is 3.65. The van der Waals surface area contributed by atoms with E-state index in [9.17, 15) is 0 Å². The van der Waals surface area contributed by atoms with Crippen molar-refractivity contribution < 1.29 is 4.42 Å². The van der Waals surface area contributed by atoms with E-state index in [1.54, 1.807) is 12.5 Å². The van der Waals surface area contributed by atoms with Gasteiger partial charge in [0.2, 0.25) is 0 Å². The molecule has 2 rings (SSSR count). The Labute approximate surface area is 102 Å². The summed E-state index contributed by atoms with van der Waals surface area (Å²) in [6.45, 7) is 4.39. The molecule has 0 fully saturated rings. The molecule has 90 valence electrons. The van der Waals surface area contributed by atoms with Crippen molar-refractivity contribution in [2.45, 2.75) is 32.2 Å². The number of hydrogen-bond donors (Lipinski definition) is 1. The molecule has 0 saturated carbocycles. The van der Waals surface area contributed by atoms with E-state index in [2.05, 4.69) is 38.1 Å². The van der Waals surface area contributed by atoms with Crippen LogP contribution in [0.4, 0.5) is 0 Å². The molecule has 0 aliphatic carbocycles. The molecular weight excluding hydrogens is 210 g/mol. The van der Waals surface area contributed by atoms with Gasteiger partial charge in [0.1, 0.15) is 0 Å². The highest BCUT2D eigenvalue weighted by Crippen LogP contribution is 2.20. The standard InChI is InChI=1S/C15H19NO/c1-11(2)13-3-5-14(6-4-13)15(16)9-12-7-8-17-10-12/h3-8,10-11,15H,9,16H2,1-2H3. The molecule has 1 aromatic heterocycles. The topological polar surface area (TPSA) is 39.2 Å². The van der Waals surface area contributed by atoms with Gasteiger partial charge in [-0.3, -0.25) is 0 Å². The molecule has 1 atom stereocenters. The first-order valence-corrected chi connectivity index (χ1v) is 6.03. The van der Waals surface area contributed by atoms with Gasteiger partial charge in [-0.25, -0.2) is 0 Å². The highest BCUT2D eigenvalue weighted by atomic mass is 16.3. The summed E-state index contributed by atoms with van der Waals surface area (Å²) in [6, 6.07) is 10.6. The third-order valence-electron chi connectivity index (χ3n) is 3.07. The summed E-state index contributed by atoms with van der Waals surface area (Å²) in [5.74, 6) is 0.564. The maximum Gasteiger partial charge on any atom is 0.0935 e. The summed E-state index contributed by atoms with van der Waals surface area (Å²) in [4.78, 5) is 0. The maximum absolute atomic E-state index is 6.17. The van der Waals surface area contributed by atoms with E-state index in [-0.39, 0.29) is 6.04 Å². The zero-order valence-corrected chi connectivity index (χ0v) is 10.4. The van der Waals surface area contributed by atoms with Crippen LogP contribution in [0.5, 0.6) is 0 Å². The first-order chi connectivity index (χ1) is 8.16. The van der Waals surface area contributed by atoms with Crippen LogP contribution in [0.2, 0.25) is 0 Å². The van der Waals surface area contributed by atoms with Gasteiger partial charge in [0.15, 0.2) is 0 Å². The molecule has 0 bridgehead atoms. The Kier molecular flexibility index (Phi) is 3.64. The van der Waals surface area contributed by atoms with Crippen LogP contribution in [0.1, 0.15) is 42.5 Å². The molecule has 1 heterocycles. The lowest BCUT2D eigenvalue weighted by Crippen LogP contribution is -2.12. The van der Waals surface area contributed by atoms with Crippen LogP contribution < -0.4 is 5.73 Å². The number of nitrogens with two attached hydrogens (primary N) is 1. The van der Waals surface area contributed by atoms with Crippen LogP contribution in [0, 0.1) is 0 Å². The van der Waals surface area contributed by atoms with Gasteiger partial charge in [0.05, 0.1) is 12.5 Å². The smallest absolute Gasteiger partial charge is 0.0935 e. The normalized spacial score (nSPS) is 12.9. The van der Waals surface area contributed by atoms with Crippen molar-refractivity contribution in [3.63, 3.8) is 0 Å². The first kappa shape index (κ1) is 11.9. The minimum atomic E-state index is 0.0359. The van der Waals surface area contributed by atoms with Gasteiger partial charge in [-0.15, -0.1) is 0 Å². The van der Waals surface area contributed by atoms with Crippen molar-refractivity contribution in [1.82, 2.24) is 0 Å². The first-order valence-electron chi connectivity index (χ1n) is 6.03.